The molecule has 0 heterocycles. The lowest BCUT2D eigenvalue weighted by Gasteiger charge is -2.16. The summed E-state index contributed by atoms with van der Waals surface area (Å²) in [5.74, 6) is 2.46. The third-order valence-corrected chi connectivity index (χ3v) is 3.08. The molecule has 0 unspecified atom stereocenters. The Morgan fingerprint density at radius 1 is 1.12 bits per heavy atom. The van der Waals surface area contributed by atoms with E-state index in [1.54, 1.807) is 0 Å². The van der Waals surface area contributed by atoms with Crippen LogP contribution in [-0.4, -0.2) is 6.10 Å². The van der Waals surface area contributed by atoms with E-state index in [1.165, 1.54) is 24.0 Å². The first kappa shape index (κ1) is 11.5. The Morgan fingerprint density at radius 3 is 2.31 bits per heavy atom. The molecule has 1 heteroatoms. The Morgan fingerprint density at radius 2 is 1.81 bits per heavy atom. The summed E-state index contributed by atoms with van der Waals surface area (Å²) >= 11 is 0. The molecule has 0 radical (unpaired) electrons. The fourth-order valence-electron chi connectivity index (χ4n) is 2.00. The monoisotopic (exact) mass is 218 g/mol. The van der Waals surface area contributed by atoms with Crippen molar-refractivity contribution in [2.45, 2.75) is 58.5 Å². The van der Waals surface area contributed by atoms with Crippen molar-refractivity contribution in [1.82, 2.24) is 0 Å². The maximum absolute atomic E-state index is 5.88. The Kier molecular flexibility index (Phi) is 3.22. The van der Waals surface area contributed by atoms with E-state index >= 15 is 0 Å². The van der Waals surface area contributed by atoms with Crippen molar-refractivity contribution >= 4 is 0 Å². The summed E-state index contributed by atoms with van der Waals surface area (Å²) in [6, 6.07) is 6.71. The van der Waals surface area contributed by atoms with Gasteiger partial charge in [0.15, 0.2) is 0 Å². The van der Waals surface area contributed by atoms with Crippen LogP contribution in [0.25, 0.3) is 0 Å². The van der Waals surface area contributed by atoms with E-state index in [9.17, 15) is 0 Å². The summed E-state index contributed by atoms with van der Waals surface area (Å²) in [7, 11) is 0. The van der Waals surface area contributed by atoms with E-state index in [4.69, 9.17) is 4.74 Å². The highest BCUT2D eigenvalue weighted by atomic mass is 16.5. The van der Waals surface area contributed by atoms with Crippen LogP contribution < -0.4 is 4.74 Å². The van der Waals surface area contributed by atoms with Crippen molar-refractivity contribution in [2.75, 3.05) is 0 Å². The summed E-state index contributed by atoms with van der Waals surface area (Å²) < 4.78 is 5.88. The van der Waals surface area contributed by atoms with Gasteiger partial charge >= 0.3 is 0 Å². The Labute approximate surface area is 98.8 Å². The van der Waals surface area contributed by atoms with Crippen LogP contribution in [0.2, 0.25) is 0 Å². The normalized spacial score (nSPS) is 15.9. The summed E-state index contributed by atoms with van der Waals surface area (Å²) in [6.45, 7) is 8.67. The van der Waals surface area contributed by atoms with E-state index in [1.807, 2.05) is 0 Å². The smallest absolute Gasteiger partial charge is 0.123 e. The van der Waals surface area contributed by atoms with Gasteiger partial charge in [0.2, 0.25) is 0 Å². The molecular formula is C15H22O. The number of benzene rings is 1. The fourth-order valence-corrected chi connectivity index (χ4v) is 2.00. The molecule has 1 aliphatic carbocycles. The predicted molar refractivity (Wildman–Crippen MR) is 68.3 cm³/mol. The molecule has 1 nitrogen and oxygen atoms in total. The highest BCUT2D eigenvalue weighted by molar-refractivity contribution is 5.42. The molecule has 0 aliphatic heterocycles. The molecule has 16 heavy (non-hydrogen) atoms. The number of ether oxygens (including phenoxy) is 1. The third kappa shape index (κ3) is 2.58. The van der Waals surface area contributed by atoms with Crippen LogP contribution in [0.15, 0.2) is 18.2 Å². The summed E-state index contributed by atoms with van der Waals surface area (Å²) in [5, 5.41) is 0. The zero-order valence-corrected chi connectivity index (χ0v) is 10.8. The molecule has 0 amide bonds. The molecule has 0 aromatic heterocycles. The molecule has 88 valence electrons. The lowest BCUT2D eigenvalue weighted by atomic mass is 9.98. The summed E-state index contributed by atoms with van der Waals surface area (Å²) in [4.78, 5) is 0. The van der Waals surface area contributed by atoms with Crippen LogP contribution >= 0.6 is 0 Å². The standard InChI is InChI=1S/C15H22O/c1-10(2)13-7-8-15(16-11(3)4)14(9-13)12-5-6-12/h7-12H,5-6H2,1-4H3. The van der Waals surface area contributed by atoms with Gasteiger partial charge in [0, 0.05) is 0 Å². The molecule has 1 aromatic carbocycles. The molecule has 1 aromatic rings. The Bertz CT molecular complexity index is 362. The topological polar surface area (TPSA) is 9.23 Å². The van der Waals surface area contributed by atoms with E-state index in [-0.39, 0.29) is 6.10 Å². The number of rotatable bonds is 4. The molecule has 1 aliphatic rings. The minimum absolute atomic E-state index is 0.266. The van der Waals surface area contributed by atoms with Gasteiger partial charge in [-0.15, -0.1) is 0 Å². The lowest BCUT2D eigenvalue weighted by Crippen LogP contribution is -2.07. The van der Waals surface area contributed by atoms with Gasteiger partial charge in [0.25, 0.3) is 0 Å². The molecule has 2 rings (SSSR count). The maximum atomic E-state index is 5.88. The summed E-state index contributed by atoms with van der Waals surface area (Å²) in [6.07, 6.45) is 2.92. The molecule has 0 atom stereocenters. The minimum Gasteiger partial charge on any atom is -0.491 e. The van der Waals surface area contributed by atoms with Gasteiger partial charge in [-0.1, -0.05) is 26.0 Å². The SMILES string of the molecule is CC(C)Oc1ccc(C(C)C)cc1C1CC1. The third-order valence-electron chi connectivity index (χ3n) is 3.08. The second-order valence-corrected chi connectivity index (χ2v) is 5.39. The molecule has 0 N–H and O–H groups in total. The van der Waals surface area contributed by atoms with Crippen molar-refractivity contribution in [3.8, 4) is 5.75 Å². The predicted octanol–water partition coefficient (Wildman–Crippen LogP) is 4.47. The Balaban J connectivity index is 2.29. The second-order valence-electron chi connectivity index (χ2n) is 5.39. The second kappa shape index (κ2) is 4.48. The first-order valence-corrected chi connectivity index (χ1v) is 6.38. The Hall–Kier alpha value is -0.980. The van der Waals surface area contributed by atoms with Crippen molar-refractivity contribution in [1.29, 1.82) is 0 Å². The van der Waals surface area contributed by atoms with E-state index in [0.29, 0.717) is 5.92 Å². The average molecular weight is 218 g/mol. The number of hydrogen-bond donors (Lipinski definition) is 0. The lowest BCUT2D eigenvalue weighted by molar-refractivity contribution is 0.240. The van der Waals surface area contributed by atoms with Crippen LogP contribution in [0.5, 0.6) is 5.75 Å². The summed E-state index contributed by atoms with van der Waals surface area (Å²) in [5.41, 5.74) is 2.86. The van der Waals surface area contributed by atoms with E-state index in [0.717, 1.165) is 11.7 Å². The first-order valence-electron chi connectivity index (χ1n) is 6.38. The average Bonchev–Trinajstić information content (AvgIpc) is 3.00. The van der Waals surface area contributed by atoms with Crippen molar-refractivity contribution in [2.24, 2.45) is 0 Å². The minimum atomic E-state index is 0.266. The zero-order chi connectivity index (χ0) is 11.7. The highest BCUT2D eigenvalue weighted by Crippen LogP contribution is 2.45. The van der Waals surface area contributed by atoms with Crippen molar-refractivity contribution in [3.05, 3.63) is 29.3 Å². The van der Waals surface area contributed by atoms with Crippen LogP contribution in [0.4, 0.5) is 0 Å². The van der Waals surface area contributed by atoms with Crippen LogP contribution in [0.1, 0.15) is 63.5 Å². The molecule has 0 bridgehead atoms. The molecule has 1 fully saturated rings. The van der Waals surface area contributed by atoms with Crippen LogP contribution in [-0.2, 0) is 0 Å². The molecule has 1 saturated carbocycles. The molecular weight excluding hydrogens is 196 g/mol. The fraction of sp³-hybridized carbons (Fsp3) is 0.600. The quantitative estimate of drug-likeness (QED) is 0.724. The highest BCUT2D eigenvalue weighted by Gasteiger charge is 2.27. The molecule has 0 saturated heterocycles. The van der Waals surface area contributed by atoms with Crippen molar-refractivity contribution < 1.29 is 4.74 Å². The first-order chi connectivity index (χ1) is 7.58. The van der Waals surface area contributed by atoms with E-state index < -0.39 is 0 Å². The van der Waals surface area contributed by atoms with Crippen molar-refractivity contribution in [3.63, 3.8) is 0 Å². The van der Waals surface area contributed by atoms with Gasteiger partial charge in [0.1, 0.15) is 5.75 Å². The van der Waals surface area contributed by atoms with Crippen LogP contribution in [0, 0.1) is 0 Å². The maximum Gasteiger partial charge on any atom is 0.123 e. The largest absolute Gasteiger partial charge is 0.491 e. The van der Waals surface area contributed by atoms with Gasteiger partial charge in [0.05, 0.1) is 6.10 Å². The molecule has 0 spiro atoms. The van der Waals surface area contributed by atoms with E-state index in [2.05, 4.69) is 45.9 Å². The van der Waals surface area contributed by atoms with Gasteiger partial charge in [-0.05, 0) is 55.7 Å². The van der Waals surface area contributed by atoms with Gasteiger partial charge in [-0.2, -0.15) is 0 Å². The van der Waals surface area contributed by atoms with Gasteiger partial charge in [-0.3, -0.25) is 0 Å². The van der Waals surface area contributed by atoms with Gasteiger partial charge < -0.3 is 4.74 Å². The zero-order valence-electron chi connectivity index (χ0n) is 10.8. The van der Waals surface area contributed by atoms with Gasteiger partial charge in [-0.25, -0.2) is 0 Å². The van der Waals surface area contributed by atoms with Crippen LogP contribution in [0.3, 0.4) is 0 Å². The number of hydrogen-bond acceptors (Lipinski definition) is 1.